The van der Waals surface area contributed by atoms with Crippen molar-refractivity contribution in [1.82, 2.24) is 5.32 Å². The van der Waals surface area contributed by atoms with Gasteiger partial charge in [0.1, 0.15) is 17.5 Å². The molecular weight excluding hydrogens is 260 g/mol. The Labute approximate surface area is 117 Å². The standard InChI is InChI=1S/C14H18N2O4/c1-10-14(4-6-15-7-5-14)19-9-11-8-12(16(17)18)2-3-13(11)20-10/h2-3,8,10,15H,4-7,9H2,1H3. The van der Waals surface area contributed by atoms with Crippen LogP contribution in [0, 0.1) is 10.1 Å². The summed E-state index contributed by atoms with van der Waals surface area (Å²) in [6, 6.07) is 4.70. The molecule has 6 nitrogen and oxygen atoms in total. The van der Waals surface area contributed by atoms with Crippen molar-refractivity contribution in [3.8, 4) is 5.75 Å². The van der Waals surface area contributed by atoms with Gasteiger partial charge in [0.25, 0.3) is 5.69 Å². The summed E-state index contributed by atoms with van der Waals surface area (Å²) in [5.74, 6) is 0.693. The summed E-state index contributed by atoms with van der Waals surface area (Å²) in [6.45, 7) is 4.19. The zero-order valence-corrected chi connectivity index (χ0v) is 11.4. The number of nitro groups is 1. The summed E-state index contributed by atoms with van der Waals surface area (Å²) >= 11 is 0. The Hall–Kier alpha value is -1.66. The second-order valence-corrected chi connectivity index (χ2v) is 5.41. The maximum absolute atomic E-state index is 10.8. The Bertz CT molecular complexity index is 526. The first-order chi connectivity index (χ1) is 9.61. The molecule has 1 unspecified atom stereocenters. The fourth-order valence-electron chi connectivity index (χ4n) is 2.94. The second-order valence-electron chi connectivity index (χ2n) is 5.41. The van der Waals surface area contributed by atoms with Crippen LogP contribution >= 0.6 is 0 Å². The van der Waals surface area contributed by atoms with E-state index in [-0.39, 0.29) is 17.4 Å². The van der Waals surface area contributed by atoms with Crippen molar-refractivity contribution < 1.29 is 14.4 Å². The van der Waals surface area contributed by atoms with Gasteiger partial charge in [-0.25, -0.2) is 0 Å². The van der Waals surface area contributed by atoms with Gasteiger partial charge in [0, 0.05) is 17.7 Å². The van der Waals surface area contributed by atoms with Crippen LogP contribution in [0.1, 0.15) is 25.3 Å². The smallest absolute Gasteiger partial charge is 0.270 e. The van der Waals surface area contributed by atoms with Gasteiger partial charge in [0.05, 0.1) is 11.5 Å². The molecule has 1 N–H and O–H groups in total. The van der Waals surface area contributed by atoms with Crippen LogP contribution in [-0.2, 0) is 11.3 Å². The van der Waals surface area contributed by atoms with Crippen LogP contribution in [0.4, 0.5) is 5.69 Å². The van der Waals surface area contributed by atoms with Crippen LogP contribution in [-0.4, -0.2) is 29.7 Å². The highest BCUT2D eigenvalue weighted by atomic mass is 16.6. The molecule has 1 aromatic carbocycles. The molecule has 0 aromatic heterocycles. The van der Waals surface area contributed by atoms with Crippen molar-refractivity contribution in [2.24, 2.45) is 0 Å². The molecular formula is C14H18N2O4. The Morgan fingerprint density at radius 3 is 2.85 bits per heavy atom. The third-order valence-corrected chi connectivity index (χ3v) is 4.26. The minimum Gasteiger partial charge on any atom is -0.487 e. The highest BCUT2D eigenvalue weighted by molar-refractivity contribution is 5.44. The fraction of sp³-hybridized carbons (Fsp3) is 0.571. The minimum absolute atomic E-state index is 0.0627. The molecule has 1 saturated heterocycles. The van der Waals surface area contributed by atoms with Gasteiger partial charge in [-0.1, -0.05) is 0 Å². The molecule has 1 spiro atoms. The quantitative estimate of drug-likeness (QED) is 0.628. The van der Waals surface area contributed by atoms with Crippen LogP contribution in [0.2, 0.25) is 0 Å². The van der Waals surface area contributed by atoms with Crippen molar-refractivity contribution in [2.75, 3.05) is 13.1 Å². The first-order valence-electron chi connectivity index (χ1n) is 6.89. The number of non-ortho nitro benzene ring substituents is 1. The maximum Gasteiger partial charge on any atom is 0.270 e. The van der Waals surface area contributed by atoms with Gasteiger partial charge in [-0.3, -0.25) is 10.1 Å². The molecule has 2 aliphatic heterocycles. The fourth-order valence-corrected chi connectivity index (χ4v) is 2.94. The van der Waals surface area contributed by atoms with E-state index in [0.29, 0.717) is 12.4 Å². The van der Waals surface area contributed by atoms with Crippen LogP contribution in [0.25, 0.3) is 0 Å². The molecule has 20 heavy (non-hydrogen) atoms. The largest absolute Gasteiger partial charge is 0.487 e. The van der Waals surface area contributed by atoms with Crippen LogP contribution < -0.4 is 10.1 Å². The number of nitro benzene ring substituents is 1. The predicted octanol–water partition coefficient (Wildman–Crippen LogP) is 2.01. The molecule has 6 heteroatoms. The Balaban J connectivity index is 1.89. The van der Waals surface area contributed by atoms with Crippen LogP contribution in [0.5, 0.6) is 5.75 Å². The van der Waals surface area contributed by atoms with Gasteiger partial charge in [0.15, 0.2) is 0 Å². The molecule has 0 amide bonds. The van der Waals surface area contributed by atoms with E-state index in [2.05, 4.69) is 5.32 Å². The van der Waals surface area contributed by atoms with Crippen LogP contribution in [0.15, 0.2) is 18.2 Å². The number of nitrogens with one attached hydrogen (secondary N) is 1. The molecule has 2 heterocycles. The number of hydrogen-bond donors (Lipinski definition) is 1. The highest BCUT2D eigenvalue weighted by Gasteiger charge is 2.42. The average Bonchev–Trinajstić information content (AvgIpc) is 2.58. The first-order valence-corrected chi connectivity index (χ1v) is 6.89. The molecule has 108 valence electrons. The van der Waals surface area contributed by atoms with Gasteiger partial charge in [0.2, 0.25) is 0 Å². The predicted molar refractivity (Wildman–Crippen MR) is 72.8 cm³/mol. The second kappa shape index (κ2) is 5.03. The van der Waals surface area contributed by atoms with Gasteiger partial charge in [-0.05, 0) is 38.9 Å². The Kier molecular flexibility index (Phi) is 3.35. The third-order valence-electron chi connectivity index (χ3n) is 4.26. The van der Waals surface area contributed by atoms with E-state index in [0.717, 1.165) is 31.5 Å². The lowest BCUT2D eigenvalue weighted by Gasteiger charge is -2.40. The van der Waals surface area contributed by atoms with Gasteiger partial charge < -0.3 is 14.8 Å². The average molecular weight is 278 g/mol. The monoisotopic (exact) mass is 278 g/mol. The van der Waals surface area contributed by atoms with E-state index in [1.54, 1.807) is 12.1 Å². The van der Waals surface area contributed by atoms with E-state index in [9.17, 15) is 10.1 Å². The van der Waals surface area contributed by atoms with E-state index < -0.39 is 4.92 Å². The third kappa shape index (κ3) is 2.25. The molecule has 3 rings (SSSR count). The normalized spacial score (nSPS) is 24.6. The summed E-state index contributed by atoms with van der Waals surface area (Å²) in [4.78, 5) is 10.5. The molecule has 2 aliphatic rings. The molecule has 0 saturated carbocycles. The minimum atomic E-state index is -0.394. The van der Waals surface area contributed by atoms with Gasteiger partial charge >= 0.3 is 0 Å². The summed E-state index contributed by atoms with van der Waals surface area (Å²) in [5.41, 5.74) is 0.533. The SMILES string of the molecule is CC1Oc2ccc([N+](=O)[O-])cc2COC12CCNCC2. The zero-order valence-electron chi connectivity index (χ0n) is 11.4. The van der Waals surface area contributed by atoms with E-state index >= 15 is 0 Å². The van der Waals surface area contributed by atoms with Crippen molar-refractivity contribution >= 4 is 5.69 Å². The maximum atomic E-state index is 10.8. The lowest BCUT2D eigenvalue weighted by Crippen LogP contribution is -2.52. The van der Waals surface area contributed by atoms with E-state index in [1.165, 1.54) is 6.07 Å². The summed E-state index contributed by atoms with van der Waals surface area (Å²) in [5, 5.41) is 14.2. The van der Waals surface area contributed by atoms with Gasteiger partial charge in [-0.2, -0.15) is 0 Å². The van der Waals surface area contributed by atoms with Crippen molar-refractivity contribution in [3.05, 3.63) is 33.9 Å². The summed E-state index contributed by atoms with van der Waals surface area (Å²) in [7, 11) is 0. The van der Waals surface area contributed by atoms with Crippen molar-refractivity contribution in [1.29, 1.82) is 0 Å². The lowest BCUT2D eigenvalue weighted by molar-refractivity contribution is -0.385. The zero-order chi connectivity index (χ0) is 14.2. The molecule has 0 aliphatic carbocycles. The summed E-state index contributed by atoms with van der Waals surface area (Å²) in [6.07, 6.45) is 1.72. The molecule has 0 bridgehead atoms. The number of hydrogen-bond acceptors (Lipinski definition) is 5. The Morgan fingerprint density at radius 1 is 1.40 bits per heavy atom. The molecule has 1 aromatic rings. The number of piperidine rings is 1. The van der Waals surface area contributed by atoms with Gasteiger partial charge in [-0.15, -0.1) is 0 Å². The topological polar surface area (TPSA) is 73.6 Å². The first kappa shape index (κ1) is 13.3. The Morgan fingerprint density at radius 2 is 2.15 bits per heavy atom. The number of rotatable bonds is 1. The van der Waals surface area contributed by atoms with E-state index in [1.807, 2.05) is 6.92 Å². The lowest BCUT2D eigenvalue weighted by atomic mass is 9.87. The van der Waals surface area contributed by atoms with Crippen LogP contribution in [0.3, 0.4) is 0 Å². The number of ether oxygens (including phenoxy) is 2. The number of benzene rings is 1. The van der Waals surface area contributed by atoms with Crippen molar-refractivity contribution in [2.45, 2.75) is 38.1 Å². The highest BCUT2D eigenvalue weighted by Crippen LogP contribution is 2.37. The number of fused-ring (bicyclic) bond motifs is 1. The number of nitrogens with zero attached hydrogens (tertiary/aromatic N) is 1. The molecule has 0 radical (unpaired) electrons. The molecule has 1 fully saturated rings. The summed E-state index contributed by atoms with van der Waals surface area (Å²) < 4.78 is 12.1. The molecule has 1 atom stereocenters. The van der Waals surface area contributed by atoms with Crippen molar-refractivity contribution in [3.63, 3.8) is 0 Å². The van der Waals surface area contributed by atoms with E-state index in [4.69, 9.17) is 9.47 Å².